The van der Waals surface area contributed by atoms with Crippen LogP contribution in [0.3, 0.4) is 0 Å². The molecule has 1 N–H and O–H groups in total. The number of fused-ring (bicyclic) bond motifs is 1. The molecule has 2 heterocycles. The minimum atomic E-state index is -0.215. The van der Waals surface area contributed by atoms with E-state index in [1.54, 1.807) is 24.3 Å². The van der Waals surface area contributed by atoms with Crippen molar-refractivity contribution in [3.05, 3.63) is 113 Å². The average Bonchev–Trinajstić information content (AvgIpc) is 3.43. The normalized spacial score (nSPS) is 14.1. The maximum Gasteiger partial charge on any atom is 0.261 e. The van der Waals surface area contributed by atoms with Gasteiger partial charge in [0.05, 0.1) is 22.9 Å². The predicted octanol–water partition coefficient (Wildman–Crippen LogP) is 6.61. The van der Waals surface area contributed by atoms with Crippen molar-refractivity contribution in [1.29, 1.82) is 0 Å². The van der Waals surface area contributed by atoms with E-state index in [0.717, 1.165) is 17.1 Å². The standard InChI is InChI=1S/C32H33ClN4O2/c1-32(2,3)28(34-17-10-18-37-30(38)25-15-7-8-16-26(25)31(37)39)29-35-27(23-13-9-14-24(33)19-23)21-36(29)20-22-11-5-4-6-12-22/h4-9,11-16,19,21,28,34H,10,17-18,20H2,1-3H3/t28-/m0/s1. The van der Waals surface area contributed by atoms with Gasteiger partial charge in [-0.05, 0) is 48.2 Å². The smallest absolute Gasteiger partial charge is 0.261 e. The molecule has 2 amide bonds. The minimum absolute atomic E-state index is 0.0728. The summed E-state index contributed by atoms with van der Waals surface area (Å²) in [6.45, 7) is 8.25. The number of carbonyl (C=O) groups excluding carboxylic acids is 2. The molecule has 1 aliphatic heterocycles. The monoisotopic (exact) mass is 540 g/mol. The first-order chi connectivity index (χ1) is 18.7. The Morgan fingerprint density at radius 3 is 2.21 bits per heavy atom. The van der Waals surface area contributed by atoms with Crippen LogP contribution in [0, 0.1) is 5.41 Å². The Labute approximate surface area is 234 Å². The maximum atomic E-state index is 12.8. The van der Waals surface area contributed by atoms with Gasteiger partial charge in [-0.1, -0.05) is 87.0 Å². The molecule has 0 unspecified atom stereocenters. The summed E-state index contributed by atoms with van der Waals surface area (Å²) < 4.78 is 2.21. The van der Waals surface area contributed by atoms with E-state index in [1.807, 2.05) is 42.5 Å². The molecule has 0 fully saturated rings. The van der Waals surface area contributed by atoms with Crippen LogP contribution in [0.15, 0.2) is 85.1 Å². The molecule has 4 aromatic rings. The van der Waals surface area contributed by atoms with E-state index in [2.05, 4.69) is 49.0 Å². The SMILES string of the molecule is CC(C)(C)[C@@H](NCCCN1C(=O)c2ccccc2C1=O)c1nc(-c2cccc(Cl)c2)cn1Cc1ccccc1. The van der Waals surface area contributed by atoms with E-state index in [9.17, 15) is 9.59 Å². The Kier molecular flexibility index (Phi) is 7.69. The van der Waals surface area contributed by atoms with Crippen molar-refractivity contribution in [3.63, 3.8) is 0 Å². The van der Waals surface area contributed by atoms with Crippen LogP contribution in [0.1, 0.15) is 65.3 Å². The summed E-state index contributed by atoms with van der Waals surface area (Å²) in [5.74, 6) is 0.502. The molecule has 0 saturated heterocycles. The summed E-state index contributed by atoms with van der Waals surface area (Å²) in [5.41, 5.74) is 3.84. The molecule has 0 radical (unpaired) electrons. The van der Waals surface area contributed by atoms with Crippen LogP contribution in [-0.4, -0.2) is 39.4 Å². The molecule has 7 heteroatoms. The van der Waals surface area contributed by atoms with Gasteiger partial charge in [-0.15, -0.1) is 0 Å². The Morgan fingerprint density at radius 2 is 1.56 bits per heavy atom. The third kappa shape index (κ3) is 5.82. The Bertz CT molecular complexity index is 1450. The maximum absolute atomic E-state index is 12.8. The lowest BCUT2D eigenvalue weighted by Gasteiger charge is -2.32. The van der Waals surface area contributed by atoms with Crippen LogP contribution in [0.2, 0.25) is 5.02 Å². The number of nitrogens with one attached hydrogen (secondary N) is 1. The number of amides is 2. The van der Waals surface area contributed by atoms with E-state index < -0.39 is 0 Å². The highest BCUT2D eigenvalue weighted by atomic mass is 35.5. The van der Waals surface area contributed by atoms with Crippen LogP contribution in [0.4, 0.5) is 0 Å². The number of benzene rings is 3. The number of nitrogens with zero attached hydrogens (tertiary/aromatic N) is 3. The number of carbonyl (C=O) groups is 2. The lowest BCUT2D eigenvalue weighted by Crippen LogP contribution is -2.37. The van der Waals surface area contributed by atoms with Crippen LogP contribution in [0.5, 0.6) is 0 Å². The highest BCUT2D eigenvalue weighted by molar-refractivity contribution is 6.30. The quantitative estimate of drug-likeness (QED) is 0.191. The van der Waals surface area contributed by atoms with E-state index in [4.69, 9.17) is 16.6 Å². The van der Waals surface area contributed by atoms with Gasteiger partial charge in [0, 0.05) is 29.9 Å². The van der Waals surface area contributed by atoms with Gasteiger partial charge in [-0.25, -0.2) is 4.98 Å². The molecule has 5 rings (SSSR count). The number of aromatic nitrogens is 2. The number of rotatable bonds is 9. The molecular formula is C32H33ClN4O2. The van der Waals surface area contributed by atoms with Crippen LogP contribution >= 0.6 is 11.6 Å². The first kappa shape index (κ1) is 26.9. The number of hydrogen-bond acceptors (Lipinski definition) is 4. The van der Waals surface area contributed by atoms with Crippen molar-refractivity contribution in [2.75, 3.05) is 13.1 Å². The van der Waals surface area contributed by atoms with Crippen LogP contribution < -0.4 is 5.32 Å². The zero-order chi connectivity index (χ0) is 27.6. The summed E-state index contributed by atoms with van der Waals surface area (Å²) in [6.07, 6.45) is 2.73. The van der Waals surface area contributed by atoms with Gasteiger partial charge < -0.3 is 9.88 Å². The molecule has 3 aromatic carbocycles. The Morgan fingerprint density at radius 1 is 0.897 bits per heavy atom. The van der Waals surface area contributed by atoms with Gasteiger partial charge >= 0.3 is 0 Å². The van der Waals surface area contributed by atoms with Crippen molar-refractivity contribution < 1.29 is 9.59 Å². The summed E-state index contributed by atoms with van der Waals surface area (Å²) in [7, 11) is 0. The van der Waals surface area contributed by atoms with E-state index >= 15 is 0 Å². The van der Waals surface area contributed by atoms with Crippen molar-refractivity contribution in [3.8, 4) is 11.3 Å². The fourth-order valence-corrected chi connectivity index (χ4v) is 5.26. The Hall–Kier alpha value is -3.74. The summed E-state index contributed by atoms with van der Waals surface area (Å²) in [6, 6.07) is 25.0. The molecule has 1 aliphatic rings. The molecular weight excluding hydrogens is 508 g/mol. The molecule has 0 spiro atoms. The second-order valence-electron chi connectivity index (χ2n) is 11.0. The van der Waals surface area contributed by atoms with Gasteiger partial charge in [0.15, 0.2) is 0 Å². The van der Waals surface area contributed by atoms with Crippen LogP contribution in [0.25, 0.3) is 11.3 Å². The second-order valence-corrected chi connectivity index (χ2v) is 11.5. The second kappa shape index (κ2) is 11.2. The lowest BCUT2D eigenvalue weighted by molar-refractivity contribution is 0.0651. The van der Waals surface area contributed by atoms with E-state index in [1.165, 1.54) is 10.5 Å². The molecule has 1 aromatic heterocycles. The number of hydrogen-bond donors (Lipinski definition) is 1. The first-order valence-electron chi connectivity index (χ1n) is 13.3. The molecule has 0 saturated carbocycles. The predicted molar refractivity (Wildman–Crippen MR) is 155 cm³/mol. The largest absolute Gasteiger partial charge is 0.329 e. The zero-order valence-corrected chi connectivity index (χ0v) is 23.3. The average molecular weight is 541 g/mol. The zero-order valence-electron chi connectivity index (χ0n) is 22.5. The van der Waals surface area contributed by atoms with Gasteiger partial charge in [0.2, 0.25) is 0 Å². The van der Waals surface area contributed by atoms with Gasteiger partial charge in [-0.2, -0.15) is 0 Å². The number of imide groups is 1. The molecule has 1 atom stereocenters. The summed E-state index contributed by atoms with van der Waals surface area (Å²) in [4.78, 5) is 32.0. The third-order valence-electron chi connectivity index (χ3n) is 7.03. The van der Waals surface area contributed by atoms with E-state index in [0.29, 0.717) is 42.2 Å². The van der Waals surface area contributed by atoms with Crippen molar-refractivity contribution in [1.82, 2.24) is 19.8 Å². The third-order valence-corrected chi connectivity index (χ3v) is 7.27. The van der Waals surface area contributed by atoms with Crippen molar-refractivity contribution in [2.24, 2.45) is 5.41 Å². The lowest BCUT2D eigenvalue weighted by atomic mass is 9.86. The number of imidazole rings is 1. The Balaban J connectivity index is 1.36. The molecule has 6 nitrogen and oxygen atoms in total. The van der Waals surface area contributed by atoms with Crippen molar-refractivity contribution in [2.45, 2.75) is 39.8 Å². The molecule has 200 valence electrons. The minimum Gasteiger partial charge on any atom is -0.329 e. The van der Waals surface area contributed by atoms with Crippen LogP contribution in [-0.2, 0) is 6.54 Å². The topological polar surface area (TPSA) is 67.2 Å². The number of halogens is 1. The van der Waals surface area contributed by atoms with Gasteiger partial charge in [-0.3, -0.25) is 14.5 Å². The summed E-state index contributed by atoms with van der Waals surface area (Å²) >= 11 is 6.30. The van der Waals surface area contributed by atoms with Gasteiger partial charge in [0.1, 0.15) is 5.82 Å². The highest BCUT2D eigenvalue weighted by Gasteiger charge is 2.35. The van der Waals surface area contributed by atoms with E-state index in [-0.39, 0.29) is 23.3 Å². The fourth-order valence-electron chi connectivity index (χ4n) is 5.06. The molecule has 0 aliphatic carbocycles. The fraction of sp³-hybridized carbons (Fsp3) is 0.281. The highest BCUT2D eigenvalue weighted by Crippen LogP contribution is 2.34. The summed E-state index contributed by atoms with van der Waals surface area (Å²) in [5, 5.41) is 4.37. The van der Waals surface area contributed by atoms with Gasteiger partial charge in [0.25, 0.3) is 11.8 Å². The molecule has 0 bridgehead atoms. The molecule has 39 heavy (non-hydrogen) atoms. The first-order valence-corrected chi connectivity index (χ1v) is 13.7. The van der Waals surface area contributed by atoms with Crippen molar-refractivity contribution >= 4 is 23.4 Å².